The number of nitrogens with one attached hydrogen (secondary N) is 2. The summed E-state index contributed by atoms with van der Waals surface area (Å²) in [5.41, 5.74) is 1.25. The van der Waals surface area contributed by atoms with Crippen molar-refractivity contribution in [1.82, 2.24) is 10.2 Å². The quantitative estimate of drug-likeness (QED) is 0.588. The average molecular weight is 396 g/mol. The van der Waals surface area contributed by atoms with Crippen molar-refractivity contribution >= 4 is 55.0 Å². The first-order chi connectivity index (χ1) is 12.8. The molecule has 3 aromatic rings. The van der Waals surface area contributed by atoms with Crippen molar-refractivity contribution in [3.63, 3.8) is 0 Å². The molecule has 1 amide bonds. The van der Waals surface area contributed by atoms with Crippen LogP contribution in [0.5, 0.6) is 0 Å². The van der Waals surface area contributed by atoms with E-state index in [0.717, 1.165) is 31.3 Å². The van der Waals surface area contributed by atoms with Crippen LogP contribution < -0.4 is 5.32 Å². The van der Waals surface area contributed by atoms with Gasteiger partial charge in [0.25, 0.3) is 0 Å². The molecule has 0 radical (unpaired) electrons. The van der Waals surface area contributed by atoms with Crippen LogP contribution in [-0.4, -0.2) is 23.8 Å². The van der Waals surface area contributed by atoms with Gasteiger partial charge >= 0.3 is 0 Å². The highest BCUT2D eigenvalue weighted by Gasteiger charge is 2.38. The van der Waals surface area contributed by atoms with Crippen molar-refractivity contribution in [2.24, 2.45) is 0 Å². The van der Waals surface area contributed by atoms with Gasteiger partial charge in [0.2, 0.25) is 5.91 Å². The maximum absolute atomic E-state index is 12.3. The second kappa shape index (κ2) is 6.26. The predicted octanol–water partition coefficient (Wildman–Crippen LogP) is 4.68. The van der Waals surface area contributed by atoms with E-state index in [1.807, 2.05) is 19.1 Å². The van der Waals surface area contributed by atoms with E-state index in [0.29, 0.717) is 11.4 Å². The number of rotatable bonds is 1. The van der Waals surface area contributed by atoms with E-state index in [2.05, 4.69) is 35.4 Å². The minimum atomic E-state index is -0.617. The molecule has 1 aliphatic heterocycles. The SMILES string of the molecule is CC#Cc1cc(Cl)c2sc3ccc([C@]4(C)CC(=O)N(C)C(=N)N4)cc3c2c1. The molecule has 0 unspecified atom stereocenters. The van der Waals surface area contributed by atoms with E-state index >= 15 is 0 Å². The van der Waals surface area contributed by atoms with Gasteiger partial charge in [0.1, 0.15) is 0 Å². The molecule has 2 aromatic carbocycles. The molecule has 1 fully saturated rings. The molecule has 1 saturated heterocycles. The zero-order valence-electron chi connectivity index (χ0n) is 15.2. The summed E-state index contributed by atoms with van der Waals surface area (Å²) in [6.07, 6.45) is 0.298. The van der Waals surface area contributed by atoms with Gasteiger partial charge in [-0.1, -0.05) is 23.6 Å². The van der Waals surface area contributed by atoms with E-state index < -0.39 is 5.54 Å². The molecule has 2 N–H and O–H groups in total. The van der Waals surface area contributed by atoms with E-state index in [-0.39, 0.29) is 11.9 Å². The summed E-state index contributed by atoms with van der Waals surface area (Å²) < 4.78 is 2.17. The smallest absolute Gasteiger partial charge is 0.231 e. The molecule has 0 saturated carbocycles. The Labute approximate surface area is 166 Å². The summed E-state index contributed by atoms with van der Waals surface area (Å²) in [6, 6.07) is 10.2. The number of nitrogens with zero attached hydrogens (tertiary/aromatic N) is 1. The molecule has 0 aliphatic carbocycles. The maximum Gasteiger partial charge on any atom is 0.231 e. The average Bonchev–Trinajstić information content (AvgIpc) is 2.99. The molecular weight excluding hydrogens is 378 g/mol. The third kappa shape index (κ3) is 2.86. The summed E-state index contributed by atoms with van der Waals surface area (Å²) in [6.45, 7) is 3.77. The van der Waals surface area contributed by atoms with Crippen LogP contribution in [0, 0.1) is 17.3 Å². The number of amides is 1. The molecule has 136 valence electrons. The van der Waals surface area contributed by atoms with Gasteiger partial charge in [-0.25, -0.2) is 0 Å². The fourth-order valence-corrected chi connectivity index (χ4v) is 4.91. The first-order valence-electron chi connectivity index (χ1n) is 8.55. The number of benzene rings is 2. The van der Waals surface area contributed by atoms with Gasteiger partial charge in [-0.3, -0.25) is 15.1 Å². The Bertz CT molecular complexity index is 1170. The largest absolute Gasteiger partial charge is 0.346 e. The minimum Gasteiger partial charge on any atom is -0.346 e. The van der Waals surface area contributed by atoms with Crippen molar-refractivity contribution in [3.05, 3.63) is 46.5 Å². The molecule has 1 atom stereocenters. The lowest BCUT2D eigenvalue weighted by Gasteiger charge is -2.39. The first kappa shape index (κ1) is 17.8. The molecule has 1 aromatic heterocycles. The topological polar surface area (TPSA) is 56.2 Å². The van der Waals surface area contributed by atoms with Gasteiger partial charge in [0.15, 0.2) is 5.96 Å². The van der Waals surface area contributed by atoms with Gasteiger partial charge in [0.05, 0.1) is 21.7 Å². The molecule has 4 rings (SSSR count). The van der Waals surface area contributed by atoms with Crippen molar-refractivity contribution < 1.29 is 4.79 Å². The van der Waals surface area contributed by atoms with Crippen LogP contribution >= 0.6 is 22.9 Å². The highest BCUT2D eigenvalue weighted by atomic mass is 35.5. The Morgan fingerprint density at radius 2 is 2.07 bits per heavy atom. The second-order valence-corrected chi connectivity index (χ2v) is 8.42. The second-order valence-electron chi connectivity index (χ2n) is 6.96. The fourth-order valence-electron chi connectivity index (χ4n) is 3.51. The van der Waals surface area contributed by atoms with Gasteiger partial charge in [-0.15, -0.1) is 17.3 Å². The summed E-state index contributed by atoms with van der Waals surface area (Å²) in [7, 11) is 1.62. The lowest BCUT2D eigenvalue weighted by molar-refractivity contribution is -0.129. The third-order valence-corrected chi connectivity index (χ3v) is 6.67. The first-order valence-corrected chi connectivity index (χ1v) is 9.74. The lowest BCUT2D eigenvalue weighted by atomic mass is 9.86. The number of guanidine groups is 1. The Morgan fingerprint density at radius 1 is 1.30 bits per heavy atom. The Morgan fingerprint density at radius 3 is 2.78 bits per heavy atom. The molecule has 1 aliphatic rings. The Hall–Kier alpha value is -2.55. The summed E-state index contributed by atoms with van der Waals surface area (Å²) >= 11 is 8.14. The zero-order valence-corrected chi connectivity index (χ0v) is 16.8. The maximum atomic E-state index is 12.3. The lowest BCUT2D eigenvalue weighted by Crippen LogP contribution is -2.58. The van der Waals surface area contributed by atoms with Crippen molar-refractivity contribution in [3.8, 4) is 11.8 Å². The molecule has 4 nitrogen and oxygen atoms in total. The zero-order chi connectivity index (χ0) is 19.3. The van der Waals surface area contributed by atoms with Crippen molar-refractivity contribution in [2.45, 2.75) is 25.8 Å². The summed E-state index contributed by atoms with van der Waals surface area (Å²) in [5, 5.41) is 14.1. The van der Waals surface area contributed by atoms with Crippen molar-refractivity contribution in [1.29, 1.82) is 5.41 Å². The standard InChI is InChI=1S/C21H18ClN3OS/c1-4-5-12-8-15-14-10-13(6-7-17(14)27-19(15)16(22)9-12)21(2)11-18(26)25(3)20(23)24-21/h6-10H,11H2,1-3H3,(H2,23,24)/t21-/m0/s1. The number of hydrogen-bond donors (Lipinski definition) is 2. The highest BCUT2D eigenvalue weighted by Crippen LogP contribution is 2.41. The molecule has 2 heterocycles. The van der Waals surface area contributed by atoms with Crippen LogP contribution in [0.1, 0.15) is 31.4 Å². The third-order valence-electron chi connectivity index (χ3n) is 5.04. The predicted molar refractivity (Wildman–Crippen MR) is 112 cm³/mol. The van der Waals surface area contributed by atoms with E-state index in [1.165, 1.54) is 4.90 Å². The number of carbonyl (C=O) groups excluding carboxylic acids is 1. The number of thiophene rings is 1. The summed E-state index contributed by atoms with van der Waals surface area (Å²) in [4.78, 5) is 13.6. The van der Waals surface area contributed by atoms with E-state index in [1.54, 1.807) is 25.3 Å². The number of carbonyl (C=O) groups is 1. The molecule has 6 heteroatoms. The van der Waals surface area contributed by atoms with Crippen LogP contribution in [0.15, 0.2) is 30.3 Å². The Balaban J connectivity index is 1.91. The van der Waals surface area contributed by atoms with Gasteiger partial charge in [0, 0.05) is 28.1 Å². The number of halogens is 1. The number of hydrogen-bond acceptors (Lipinski definition) is 3. The van der Waals surface area contributed by atoms with Crippen LogP contribution in [0.3, 0.4) is 0 Å². The van der Waals surface area contributed by atoms with Gasteiger partial charge in [-0.2, -0.15) is 0 Å². The molecule has 0 spiro atoms. The highest BCUT2D eigenvalue weighted by molar-refractivity contribution is 7.26. The van der Waals surface area contributed by atoms with Gasteiger partial charge in [-0.05, 0) is 43.7 Å². The summed E-state index contributed by atoms with van der Waals surface area (Å²) in [5.74, 6) is 6.04. The fraction of sp³-hybridized carbons (Fsp3) is 0.238. The molecule has 27 heavy (non-hydrogen) atoms. The normalized spacial score (nSPS) is 19.9. The van der Waals surface area contributed by atoms with E-state index in [9.17, 15) is 4.79 Å². The van der Waals surface area contributed by atoms with Crippen molar-refractivity contribution in [2.75, 3.05) is 7.05 Å². The monoisotopic (exact) mass is 395 g/mol. The van der Waals surface area contributed by atoms with E-state index in [4.69, 9.17) is 17.0 Å². The minimum absolute atomic E-state index is 0.0694. The van der Waals surface area contributed by atoms with Gasteiger partial charge < -0.3 is 5.32 Å². The van der Waals surface area contributed by atoms with Crippen LogP contribution in [0.25, 0.3) is 20.2 Å². The molecular formula is C21H18ClN3OS. The Kier molecular flexibility index (Phi) is 4.14. The van der Waals surface area contributed by atoms with Crippen LogP contribution in [0.4, 0.5) is 0 Å². The number of fused-ring (bicyclic) bond motifs is 3. The van der Waals surface area contributed by atoms with Crippen LogP contribution in [-0.2, 0) is 10.3 Å². The molecule has 0 bridgehead atoms. The van der Waals surface area contributed by atoms with Crippen LogP contribution in [0.2, 0.25) is 5.02 Å².